The van der Waals surface area contributed by atoms with Gasteiger partial charge in [-0.15, -0.1) is 0 Å². The summed E-state index contributed by atoms with van der Waals surface area (Å²) in [4.78, 5) is 34.5. The Morgan fingerprint density at radius 1 is 1.18 bits per heavy atom. The summed E-state index contributed by atoms with van der Waals surface area (Å²) in [5.41, 5.74) is 1.71. The van der Waals surface area contributed by atoms with E-state index in [1.807, 2.05) is 23.1 Å². The minimum absolute atomic E-state index is 0.000646. The van der Waals surface area contributed by atoms with Crippen molar-refractivity contribution in [1.82, 2.24) is 29.8 Å². The van der Waals surface area contributed by atoms with E-state index in [4.69, 9.17) is 0 Å². The Balaban J connectivity index is 1.38. The Morgan fingerprint density at radius 3 is 2.89 bits per heavy atom. The summed E-state index contributed by atoms with van der Waals surface area (Å²) in [6, 6.07) is 5.64. The predicted molar refractivity (Wildman–Crippen MR) is 106 cm³/mol. The Bertz CT molecular complexity index is 923. The number of hydrogen-bond donors (Lipinski definition) is 2. The zero-order chi connectivity index (χ0) is 19.2. The fraction of sp³-hybridized carbons (Fsp3) is 0.250. The zero-order valence-corrected chi connectivity index (χ0v) is 15.3. The third-order valence-electron chi connectivity index (χ3n) is 4.67. The van der Waals surface area contributed by atoms with Gasteiger partial charge in [-0.2, -0.15) is 0 Å². The van der Waals surface area contributed by atoms with E-state index in [9.17, 15) is 4.79 Å². The molecule has 1 amide bonds. The second-order valence-corrected chi connectivity index (χ2v) is 6.63. The van der Waals surface area contributed by atoms with Crippen LogP contribution >= 0.6 is 0 Å². The van der Waals surface area contributed by atoms with Gasteiger partial charge in [0.1, 0.15) is 11.6 Å². The molecule has 8 heteroatoms. The van der Waals surface area contributed by atoms with Gasteiger partial charge >= 0.3 is 0 Å². The number of nitrogens with zero attached hydrogens (tertiary/aromatic N) is 5. The molecule has 1 atom stereocenters. The number of likely N-dealkylation sites (tertiary alicyclic amines) is 1. The van der Waals surface area contributed by atoms with Gasteiger partial charge in [0.05, 0.1) is 36.3 Å². The summed E-state index contributed by atoms with van der Waals surface area (Å²) in [5, 5.41) is 3.12. The number of carbonyl (C=O) groups is 1. The zero-order valence-electron chi connectivity index (χ0n) is 15.3. The molecule has 2 N–H and O–H groups in total. The first-order chi connectivity index (χ1) is 13.8. The Hall–Kier alpha value is -3.55. The van der Waals surface area contributed by atoms with Crippen molar-refractivity contribution < 1.29 is 4.79 Å². The first-order valence-electron chi connectivity index (χ1n) is 9.23. The van der Waals surface area contributed by atoms with Crippen LogP contribution in [0.5, 0.6) is 0 Å². The van der Waals surface area contributed by atoms with E-state index in [1.54, 1.807) is 43.3 Å². The van der Waals surface area contributed by atoms with Crippen LogP contribution < -0.4 is 5.32 Å². The second-order valence-electron chi connectivity index (χ2n) is 6.63. The van der Waals surface area contributed by atoms with Crippen molar-refractivity contribution in [2.45, 2.75) is 18.8 Å². The number of pyridine rings is 1. The minimum atomic E-state index is 0.000646. The fourth-order valence-corrected chi connectivity index (χ4v) is 3.22. The van der Waals surface area contributed by atoms with Gasteiger partial charge in [-0.3, -0.25) is 9.78 Å². The van der Waals surface area contributed by atoms with Gasteiger partial charge in [0.25, 0.3) is 0 Å². The number of H-pyrrole nitrogens is 1. The third kappa shape index (κ3) is 4.40. The molecule has 28 heavy (non-hydrogen) atoms. The largest absolute Gasteiger partial charge is 0.345 e. The molecule has 0 aromatic carbocycles. The van der Waals surface area contributed by atoms with Crippen molar-refractivity contribution in [3.8, 4) is 0 Å². The predicted octanol–water partition coefficient (Wildman–Crippen LogP) is 2.76. The molecule has 8 nitrogen and oxygen atoms in total. The molecule has 0 spiro atoms. The summed E-state index contributed by atoms with van der Waals surface area (Å²) in [5.74, 6) is 1.56. The van der Waals surface area contributed by atoms with Gasteiger partial charge in [0, 0.05) is 31.3 Å². The molecule has 3 aromatic rings. The maximum absolute atomic E-state index is 12.5. The van der Waals surface area contributed by atoms with Crippen molar-refractivity contribution in [2.24, 2.45) is 0 Å². The van der Waals surface area contributed by atoms with Crippen LogP contribution in [0.2, 0.25) is 0 Å². The molecule has 0 bridgehead atoms. The number of aromatic amines is 1. The molecular weight excluding hydrogens is 354 g/mol. The van der Waals surface area contributed by atoms with E-state index in [1.165, 1.54) is 0 Å². The van der Waals surface area contributed by atoms with Crippen molar-refractivity contribution in [1.29, 1.82) is 0 Å². The Labute approximate surface area is 162 Å². The normalized spacial score (nSPS) is 17.0. The van der Waals surface area contributed by atoms with E-state index in [0.29, 0.717) is 12.4 Å². The van der Waals surface area contributed by atoms with Crippen LogP contribution in [-0.4, -0.2) is 48.8 Å². The van der Waals surface area contributed by atoms with E-state index in [-0.39, 0.29) is 11.8 Å². The number of rotatable bonds is 5. The molecular formula is C20H21N7O. The van der Waals surface area contributed by atoms with Gasteiger partial charge in [0.15, 0.2) is 0 Å². The lowest BCUT2D eigenvalue weighted by atomic mass is 9.95. The maximum atomic E-state index is 12.5. The summed E-state index contributed by atoms with van der Waals surface area (Å²) in [6.45, 7) is 1.41. The topological polar surface area (TPSA) is 99.7 Å². The average molecular weight is 375 g/mol. The first kappa shape index (κ1) is 17.8. The molecule has 0 saturated carbocycles. The Kier molecular flexibility index (Phi) is 5.37. The lowest BCUT2D eigenvalue weighted by molar-refractivity contribution is -0.127. The number of nitrogens with one attached hydrogen (secondary N) is 2. The molecule has 1 aliphatic rings. The van der Waals surface area contributed by atoms with Gasteiger partial charge in [-0.25, -0.2) is 15.0 Å². The third-order valence-corrected chi connectivity index (χ3v) is 4.67. The van der Waals surface area contributed by atoms with Crippen LogP contribution in [0.25, 0.3) is 6.08 Å². The number of amides is 1. The van der Waals surface area contributed by atoms with E-state index >= 15 is 0 Å². The molecule has 1 fully saturated rings. The highest BCUT2D eigenvalue weighted by Crippen LogP contribution is 2.26. The summed E-state index contributed by atoms with van der Waals surface area (Å²) < 4.78 is 0. The molecule has 1 aliphatic heterocycles. The highest BCUT2D eigenvalue weighted by molar-refractivity contribution is 5.91. The molecule has 4 heterocycles. The summed E-state index contributed by atoms with van der Waals surface area (Å²) in [6.07, 6.45) is 13.8. The van der Waals surface area contributed by atoms with Crippen molar-refractivity contribution in [2.75, 3.05) is 18.4 Å². The number of piperidine rings is 1. The molecule has 0 unspecified atom stereocenters. The van der Waals surface area contributed by atoms with Gasteiger partial charge in [0.2, 0.25) is 5.91 Å². The first-order valence-corrected chi connectivity index (χ1v) is 9.23. The lowest BCUT2D eigenvalue weighted by Crippen LogP contribution is -2.38. The Morgan fingerprint density at radius 2 is 2.14 bits per heavy atom. The second kappa shape index (κ2) is 8.43. The summed E-state index contributed by atoms with van der Waals surface area (Å²) >= 11 is 0. The smallest absolute Gasteiger partial charge is 0.246 e. The van der Waals surface area contributed by atoms with E-state index in [2.05, 4.69) is 30.2 Å². The standard InChI is InChI=1S/C20H21N7O/c28-20(7-6-16-10-21-14-25-16)27-9-3-4-15(13-27)17-11-24-19(12-23-17)26-18-5-1-2-8-22-18/h1-2,5-8,10-12,14-15H,3-4,9,13H2,(H,21,25)(H,22,24,26)/b7-6+/t15-/m0/s1. The summed E-state index contributed by atoms with van der Waals surface area (Å²) in [7, 11) is 0. The molecule has 3 aromatic heterocycles. The quantitative estimate of drug-likeness (QED) is 0.665. The van der Waals surface area contributed by atoms with Crippen molar-refractivity contribution >= 4 is 23.6 Å². The molecule has 142 valence electrons. The molecule has 1 saturated heterocycles. The lowest BCUT2D eigenvalue weighted by Gasteiger charge is -2.31. The number of carbonyl (C=O) groups excluding carboxylic acids is 1. The van der Waals surface area contributed by atoms with E-state index < -0.39 is 0 Å². The highest BCUT2D eigenvalue weighted by atomic mass is 16.2. The van der Waals surface area contributed by atoms with Crippen LogP contribution in [-0.2, 0) is 4.79 Å². The molecule has 0 aliphatic carbocycles. The van der Waals surface area contributed by atoms with Crippen LogP contribution in [0.4, 0.5) is 11.6 Å². The van der Waals surface area contributed by atoms with Gasteiger partial charge in [-0.1, -0.05) is 6.07 Å². The molecule has 4 rings (SSSR count). The minimum Gasteiger partial charge on any atom is -0.345 e. The number of aromatic nitrogens is 5. The van der Waals surface area contributed by atoms with Crippen LogP contribution in [0.3, 0.4) is 0 Å². The van der Waals surface area contributed by atoms with Crippen LogP contribution in [0.15, 0.2) is 55.4 Å². The SMILES string of the molecule is O=C(/C=C/c1cnc[nH]1)N1CCC[C@H](c2cnc(Nc3ccccn3)cn2)C1. The van der Waals surface area contributed by atoms with Crippen molar-refractivity contribution in [3.05, 3.63) is 66.8 Å². The average Bonchev–Trinajstić information content (AvgIpc) is 3.27. The number of anilines is 2. The van der Waals surface area contributed by atoms with Gasteiger partial charge < -0.3 is 15.2 Å². The van der Waals surface area contributed by atoms with Gasteiger partial charge in [-0.05, 0) is 31.1 Å². The van der Waals surface area contributed by atoms with Crippen LogP contribution in [0.1, 0.15) is 30.1 Å². The molecule has 0 radical (unpaired) electrons. The number of hydrogen-bond acceptors (Lipinski definition) is 6. The fourth-order valence-electron chi connectivity index (χ4n) is 3.22. The van der Waals surface area contributed by atoms with Crippen molar-refractivity contribution in [3.63, 3.8) is 0 Å². The van der Waals surface area contributed by atoms with E-state index in [0.717, 1.165) is 36.6 Å². The highest BCUT2D eigenvalue weighted by Gasteiger charge is 2.24. The number of imidazole rings is 1. The van der Waals surface area contributed by atoms with Crippen LogP contribution in [0, 0.1) is 0 Å². The monoisotopic (exact) mass is 375 g/mol. The maximum Gasteiger partial charge on any atom is 0.246 e.